The minimum atomic E-state index is -3.59. The van der Waals surface area contributed by atoms with Crippen molar-refractivity contribution in [2.24, 2.45) is 0 Å². The quantitative estimate of drug-likeness (QED) is 0.863. The zero-order valence-corrected chi connectivity index (χ0v) is 12.6. The monoisotopic (exact) mass is 299 g/mol. The molecule has 0 aromatic heterocycles. The summed E-state index contributed by atoms with van der Waals surface area (Å²) >= 11 is 0. The van der Waals surface area contributed by atoms with Crippen LogP contribution in [0.1, 0.15) is 23.6 Å². The highest BCUT2D eigenvalue weighted by atomic mass is 32.2. The molecule has 3 nitrogen and oxygen atoms in total. The van der Waals surface area contributed by atoms with E-state index in [0.29, 0.717) is 6.42 Å². The Hall–Kier alpha value is -2.09. The van der Waals surface area contributed by atoms with Gasteiger partial charge < -0.3 is 0 Å². The first-order valence-electron chi connectivity index (χ1n) is 6.60. The average Bonchev–Trinajstić information content (AvgIpc) is 2.48. The molecule has 0 aliphatic rings. The van der Waals surface area contributed by atoms with Crippen molar-refractivity contribution in [3.63, 3.8) is 0 Å². The average molecular weight is 299 g/mol. The van der Waals surface area contributed by atoms with Crippen LogP contribution >= 0.6 is 0 Å². The summed E-state index contributed by atoms with van der Waals surface area (Å²) in [5.41, 5.74) is 1.86. The fraction of sp³-hybridized carbons (Fsp3) is 0.176. The van der Waals surface area contributed by atoms with Crippen LogP contribution in [-0.4, -0.2) is 8.42 Å². The fourth-order valence-electron chi connectivity index (χ4n) is 2.00. The molecule has 1 atom stereocenters. The first kappa shape index (κ1) is 15.3. The molecule has 2 rings (SSSR count). The molecule has 0 aliphatic carbocycles. The van der Waals surface area contributed by atoms with Crippen molar-refractivity contribution in [3.05, 3.63) is 65.7 Å². The van der Waals surface area contributed by atoms with Gasteiger partial charge in [0.2, 0.25) is 10.0 Å². The van der Waals surface area contributed by atoms with Crippen LogP contribution in [-0.2, 0) is 10.0 Å². The first-order valence-corrected chi connectivity index (χ1v) is 8.08. The van der Waals surface area contributed by atoms with Crippen LogP contribution in [0.4, 0.5) is 0 Å². The molecule has 4 heteroatoms. The molecular formula is C17H17NO2S. The van der Waals surface area contributed by atoms with Crippen LogP contribution in [0, 0.1) is 19.3 Å². The second-order valence-corrected chi connectivity index (χ2v) is 6.52. The maximum atomic E-state index is 12.4. The van der Waals surface area contributed by atoms with Crippen molar-refractivity contribution < 1.29 is 8.42 Å². The first-order chi connectivity index (χ1) is 10.0. The molecule has 0 aliphatic heterocycles. The summed E-state index contributed by atoms with van der Waals surface area (Å²) in [6, 6.07) is 15.6. The van der Waals surface area contributed by atoms with Gasteiger partial charge in [-0.1, -0.05) is 48.0 Å². The molecule has 108 valence electrons. The SMILES string of the molecule is C#CC[C@H](NS(=O)(=O)c1ccc(C)cc1)c1ccccc1. The van der Waals surface area contributed by atoms with Gasteiger partial charge >= 0.3 is 0 Å². The molecule has 1 N–H and O–H groups in total. The van der Waals surface area contributed by atoms with Gasteiger partial charge in [-0.05, 0) is 24.6 Å². The number of benzene rings is 2. The van der Waals surface area contributed by atoms with E-state index in [9.17, 15) is 8.42 Å². The molecule has 0 bridgehead atoms. The van der Waals surface area contributed by atoms with E-state index >= 15 is 0 Å². The lowest BCUT2D eigenvalue weighted by atomic mass is 10.1. The zero-order chi connectivity index (χ0) is 15.3. The summed E-state index contributed by atoms with van der Waals surface area (Å²) in [5.74, 6) is 2.52. The molecule has 0 saturated carbocycles. The number of hydrogen-bond acceptors (Lipinski definition) is 2. The Bertz CT molecular complexity index is 729. The number of rotatable bonds is 5. The molecule has 0 fully saturated rings. The van der Waals surface area contributed by atoms with Crippen molar-refractivity contribution in [2.75, 3.05) is 0 Å². The summed E-state index contributed by atoms with van der Waals surface area (Å²) in [4.78, 5) is 0.242. The van der Waals surface area contributed by atoms with Crippen LogP contribution in [0.5, 0.6) is 0 Å². The van der Waals surface area contributed by atoms with Gasteiger partial charge in [0.1, 0.15) is 0 Å². The van der Waals surface area contributed by atoms with E-state index in [1.807, 2.05) is 37.3 Å². The van der Waals surface area contributed by atoms with Crippen LogP contribution in [0.25, 0.3) is 0 Å². The molecule has 2 aromatic carbocycles. The zero-order valence-electron chi connectivity index (χ0n) is 11.8. The topological polar surface area (TPSA) is 46.2 Å². The molecular weight excluding hydrogens is 282 g/mol. The number of hydrogen-bond donors (Lipinski definition) is 1. The molecule has 0 spiro atoms. The molecule has 0 saturated heterocycles. The van der Waals surface area contributed by atoms with Gasteiger partial charge in [0.05, 0.1) is 10.9 Å². The lowest BCUT2D eigenvalue weighted by molar-refractivity contribution is 0.559. The van der Waals surface area contributed by atoms with Gasteiger partial charge in [0.25, 0.3) is 0 Å². The van der Waals surface area contributed by atoms with Crippen molar-refractivity contribution in [2.45, 2.75) is 24.3 Å². The number of sulfonamides is 1. The predicted octanol–water partition coefficient (Wildman–Crippen LogP) is 3.04. The Morgan fingerprint density at radius 2 is 1.71 bits per heavy atom. The van der Waals surface area contributed by atoms with E-state index in [1.54, 1.807) is 24.3 Å². The van der Waals surface area contributed by atoms with Crippen molar-refractivity contribution in [3.8, 4) is 12.3 Å². The van der Waals surface area contributed by atoms with E-state index in [4.69, 9.17) is 6.42 Å². The molecule has 0 heterocycles. The summed E-state index contributed by atoms with van der Waals surface area (Å²) < 4.78 is 27.5. The van der Waals surface area contributed by atoms with Gasteiger partial charge in [-0.3, -0.25) is 0 Å². The van der Waals surface area contributed by atoms with Gasteiger partial charge in [-0.15, -0.1) is 12.3 Å². The third-order valence-corrected chi connectivity index (χ3v) is 4.64. The Kier molecular flexibility index (Phi) is 4.79. The second-order valence-electron chi connectivity index (χ2n) is 4.81. The van der Waals surface area contributed by atoms with Crippen molar-refractivity contribution in [1.82, 2.24) is 4.72 Å². The Balaban J connectivity index is 2.28. The molecule has 2 aromatic rings. The number of nitrogens with one attached hydrogen (secondary N) is 1. The second kappa shape index (κ2) is 6.57. The van der Waals surface area contributed by atoms with Crippen LogP contribution in [0.3, 0.4) is 0 Å². The third kappa shape index (κ3) is 3.94. The lowest BCUT2D eigenvalue weighted by Gasteiger charge is -2.17. The molecule has 0 unspecified atom stereocenters. The van der Waals surface area contributed by atoms with Gasteiger partial charge in [0, 0.05) is 6.42 Å². The van der Waals surface area contributed by atoms with Gasteiger partial charge in [-0.2, -0.15) is 0 Å². The summed E-state index contributed by atoms with van der Waals surface area (Å²) in [6.45, 7) is 1.91. The third-order valence-electron chi connectivity index (χ3n) is 3.15. The van der Waals surface area contributed by atoms with Crippen molar-refractivity contribution >= 4 is 10.0 Å². The Morgan fingerprint density at radius 3 is 2.29 bits per heavy atom. The van der Waals surface area contributed by atoms with Gasteiger partial charge in [0.15, 0.2) is 0 Å². The highest BCUT2D eigenvalue weighted by Gasteiger charge is 2.20. The Morgan fingerprint density at radius 1 is 1.10 bits per heavy atom. The van der Waals surface area contributed by atoms with Gasteiger partial charge in [-0.25, -0.2) is 13.1 Å². The highest BCUT2D eigenvalue weighted by molar-refractivity contribution is 7.89. The van der Waals surface area contributed by atoms with Crippen LogP contribution in [0.2, 0.25) is 0 Å². The Labute approximate surface area is 126 Å². The van der Waals surface area contributed by atoms with E-state index in [0.717, 1.165) is 11.1 Å². The van der Waals surface area contributed by atoms with E-state index in [2.05, 4.69) is 10.6 Å². The number of terminal acetylenes is 1. The maximum absolute atomic E-state index is 12.4. The predicted molar refractivity (Wildman–Crippen MR) is 84.1 cm³/mol. The molecule has 0 amide bonds. The van der Waals surface area contributed by atoms with E-state index in [1.165, 1.54) is 0 Å². The molecule has 21 heavy (non-hydrogen) atoms. The van der Waals surface area contributed by atoms with Crippen LogP contribution < -0.4 is 4.72 Å². The van der Waals surface area contributed by atoms with Crippen LogP contribution in [0.15, 0.2) is 59.5 Å². The van der Waals surface area contributed by atoms with E-state index < -0.39 is 16.1 Å². The summed E-state index contributed by atoms with van der Waals surface area (Å²) in [7, 11) is -3.59. The smallest absolute Gasteiger partial charge is 0.207 e. The normalized spacial score (nSPS) is 12.6. The van der Waals surface area contributed by atoms with E-state index in [-0.39, 0.29) is 4.90 Å². The minimum absolute atomic E-state index is 0.242. The standard InChI is InChI=1S/C17H17NO2S/c1-3-7-17(15-8-5-4-6-9-15)18-21(19,20)16-12-10-14(2)11-13-16/h1,4-6,8-13,17-18H,7H2,2H3/t17-/m0/s1. The van der Waals surface area contributed by atoms with Crippen molar-refractivity contribution in [1.29, 1.82) is 0 Å². The lowest BCUT2D eigenvalue weighted by Crippen LogP contribution is -2.28. The summed E-state index contributed by atoms with van der Waals surface area (Å²) in [6.07, 6.45) is 5.66. The highest BCUT2D eigenvalue weighted by Crippen LogP contribution is 2.20. The maximum Gasteiger partial charge on any atom is 0.241 e. The summed E-state index contributed by atoms with van der Waals surface area (Å²) in [5, 5.41) is 0. The molecule has 0 radical (unpaired) electrons. The fourth-order valence-corrected chi connectivity index (χ4v) is 3.23. The number of aryl methyl sites for hydroxylation is 1. The largest absolute Gasteiger partial charge is 0.241 e. The minimum Gasteiger partial charge on any atom is -0.207 e.